The molecule has 0 amide bonds. The van der Waals surface area contributed by atoms with E-state index in [1.54, 1.807) is 20.2 Å². The zero-order valence-electron chi connectivity index (χ0n) is 15.4. The van der Waals surface area contributed by atoms with Gasteiger partial charge in [-0.05, 0) is 48.4 Å². The summed E-state index contributed by atoms with van der Waals surface area (Å²) in [5, 5.41) is 4.09. The Labute approximate surface area is 170 Å². The highest BCUT2D eigenvalue weighted by Crippen LogP contribution is 2.28. The third kappa shape index (κ3) is 5.43. The van der Waals surface area contributed by atoms with Gasteiger partial charge < -0.3 is 9.47 Å². The van der Waals surface area contributed by atoms with Gasteiger partial charge in [0.1, 0.15) is 6.61 Å². The molecule has 0 saturated heterocycles. The van der Waals surface area contributed by atoms with Gasteiger partial charge in [0.25, 0.3) is 5.56 Å². The number of anilines is 1. The van der Waals surface area contributed by atoms with Gasteiger partial charge in [0.05, 0.1) is 13.3 Å². The Hall–Kier alpha value is -3.13. The van der Waals surface area contributed by atoms with Crippen LogP contribution in [0.4, 0.5) is 5.95 Å². The van der Waals surface area contributed by atoms with Crippen molar-refractivity contribution in [2.75, 3.05) is 12.5 Å². The van der Waals surface area contributed by atoms with Crippen LogP contribution in [0.15, 0.2) is 62.9 Å². The minimum atomic E-state index is -0.237. The highest BCUT2D eigenvalue weighted by molar-refractivity contribution is 9.10. The number of nitrogens with one attached hydrogen (secondary N) is 2. The molecule has 144 valence electrons. The molecule has 28 heavy (non-hydrogen) atoms. The van der Waals surface area contributed by atoms with E-state index in [4.69, 9.17) is 9.47 Å². The molecule has 3 aromatic rings. The van der Waals surface area contributed by atoms with E-state index in [1.165, 1.54) is 6.07 Å². The summed E-state index contributed by atoms with van der Waals surface area (Å²) in [4.78, 5) is 18.1. The van der Waals surface area contributed by atoms with Crippen LogP contribution < -0.4 is 20.5 Å². The lowest BCUT2D eigenvalue weighted by atomic mass is 10.2. The topological polar surface area (TPSA) is 88.6 Å². The summed E-state index contributed by atoms with van der Waals surface area (Å²) in [6.07, 6.45) is 1.60. The van der Waals surface area contributed by atoms with Crippen molar-refractivity contribution in [1.82, 2.24) is 9.97 Å². The average Bonchev–Trinajstić information content (AvgIpc) is 2.67. The van der Waals surface area contributed by atoms with Gasteiger partial charge in [0, 0.05) is 16.2 Å². The first kappa shape index (κ1) is 19.6. The molecule has 7 nitrogen and oxygen atoms in total. The molecule has 2 aromatic carbocycles. The number of halogens is 1. The Morgan fingerprint density at radius 2 is 1.96 bits per heavy atom. The molecular weight excluding hydrogens is 424 g/mol. The molecule has 0 radical (unpaired) electrons. The Bertz CT molecular complexity index is 1030. The molecule has 3 rings (SSSR count). The third-order valence-corrected chi connectivity index (χ3v) is 4.28. The fourth-order valence-corrected chi connectivity index (χ4v) is 2.69. The Balaban J connectivity index is 1.66. The van der Waals surface area contributed by atoms with E-state index in [9.17, 15) is 4.79 Å². The van der Waals surface area contributed by atoms with E-state index in [1.807, 2.05) is 42.5 Å². The average molecular weight is 443 g/mol. The molecule has 0 spiro atoms. The van der Waals surface area contributed by atoms with Crippen LogP contribution >= 0.6 is 15.9 Å². The van der Waals surface area contributed by atoms with Crippen molar-refractivity contribution < 1.29 is 9.47 Å². The fraction of sp³-hybridized carbons (Fsp3) is 0.150. The largest absolute Gasteiger partial charge is 0.493 e. The van der Waals surface area contributed by atoms with Gasteiger partial charge in [-0.15, -0.1) is 0 Å². The number of rotatable bonds is 7. The van der Waals surface area contributed by atoms with Gasteiger partial charge in [0.2, 0.25) is 5.95 Å². The predicted octanol–water partition coefficient (Wildman–Crippen LogP) is 3.87. The summed E-state index contributed by atoms with van der Waals surface area (Å²) >= 11 is 3.42. The quantitative estimate of drug-likeness (QED) is 0.428. The van der Waals surface area contributed by atoms with Crippen molar-refractivity contribution in [3.8, 4) is 11.5 Å². The fourth-order valence-electron chi connectivity index (χ4n) is 2.43. The first-order chi connectivity index (χ1) is 13.5. The number of hydrogen-bond donors (Lipinski definition) is 2. The number of hydrazone groups is 1. The maximum Gasteiger partial charge on any atom is 0.252 e. The zero-order valence-corrected chi connectivity index (χ0v) is 17.0. The second kappa shape index (κ2) is 9.18. The highest BCUT2D eigenvalue weighted by Gasteiger charge is 2.06. The number of nitrogens with zero attached hydrogens (tertiary/aromatic N) is 2. The first-order valence-electron chi connectivity index (χ1n) is 8.46. The molecule has 0 bridgehead atoms. The minimum Gasteiger partial charge on any atom is -0.493 e. The smallest absolute Gasteiger partial charge is 0.252 e. The summed E-state index contributed by atoms with van der Waals surface area (Å²) in [6.45, 7) is 2.17. The van der Waals surface area contributed by atoms with Crippen LogP contribution in [0.1, 0.15) is 16.8 Å². The highest BCUT2D eigenvalue weighted by atomic mass is 79.9. The standard InChI is InChI=1S/C20H19BrN4O3/c1-13-9-19(26)24-20(23-13)25-22-11-15-5-8-17(18(10-15)27-2)28-12-14-3-6-16(21)7-4-14/h3-11H,12H2,1-2H3,(H2,23,24,25,26)/b22-11-. The number of hydrogen-bond acceptors (Lipinski definition) is 6. The van der Waals surface area contributed by atoms with E-state index in [0.717, 1.165) is 15.6 Å². The molecule has 1 heterocycles. The van der Waals surface area contributed by atoms with Gasteiger partial charge >= 0.3 is 0 Å². The van der Waals surface area contributed by atoms with Crippen LogP contribution in [-0.2, 0) is 6.61 Å². The van der Waals surface area contributed by atoms with Crippen molar-refractivity contribution in [2.45, 2.75) is 13.5 Å². The molecule has 0 aliphatic heterocycles. The number of methoxy groups -OCH3 is 1. The maximum absolute atomic E-state index is 11.4. The van der Waals surface area contributed by atoms with Gasteiger partial charge in [-0.25, -0.2) is 10.4 Å². The summed E-state index contributed by atoms with van der Waals surface area (Å²) in [7, 11) is 1.59. The van der Waals surface area contributed by atoms with Crippen LogP contribution in [0.3, 0.4) is 0 Å². The molecule has 0 unspecified atom stereocenters. The van der Waals surface area contributed by atoms with Crippen LogP contribution in [0.25, 0.3) is 0 Å². The van der Waals surface area contributed by atoms with E-state index in [-0.39, 0.29) is 11.5 Å². The molecule has 0 aliphatic rings. The lowest BCUT2D eigenvalue weighted by molar-refractivity contribution is 0.284. The molecule has 0 fully saturated rings. The van der Waals surface area contributed by atoms with E-state index >= 15 is 0 Å². The van der Waals surface area contributed by atoms with E-state index in [2.05, 4.69) is 36.4 Å². The van der Waals surface area contributed by atoms with Gasteiger partial charge in [0.15, 0.2) is 11.5 Å². The lowest BCUT2D eigenvalue weighted by Crippen LogP contribution is -2.10. The molecule has 0 atom stereocenters. The van der Waals surface area contributed by atoms with Crippen LogP contribution in [-0.4, -0.2) is 23.3 Å². The number of H-pyrrole nitrogens is 1. The van der Waals surface area contributed by atoms with Crippen molar-refractivity contribution in [2.24, 2.45) is 5.10 Å². The van der Waals surface area contributed by atoms with Gasteiger partial charge in [-0.3, -0.25) is 9.78 Å². The summed E-state index contributed by atoms with van der Waals surface area (Å²) < 4.78 is 12.3. The summed E-state index contributed by atoms with van der Waals surface area (Å²) in [5.41, 5.74) is 4.93. The van der Waals surface area contributed by atoms with E-state index in [0.29, 0.717) is 23.8 Å². The molecule has 8 heteroatoms. The number of aryl methyl sites for hydroxylation is 1. The maximum atomic E-state index is 11.4. The molecule has 2 N–H and O–H groups in total. The molecular formula is C20H19BrN4O3. The molecule has 1 aromatic heterocycles. The predicted molar refractivity (Wildman–Crippen MR) is 112 cm³/mol. The lowest BCUT2D eigenvalue weighted by Gasteiger charge is -2.11. The summed E-state index contributed by atoms with van der Waals surface area (Å²) in [5.74, 6) is 1.52. The number of aromatic amines is 1. The van der Waals surface area contributed by atoms with Gasteiger partial charge in [-0.2, -0.15) is 5.10 Å². The van der Waals surface area contributed by atoms with Crippen LogP contribution in [0.2, 0.25) is 0 Å². The van der Waals surface area contributed by atoms with Crippen molar-refractivity contribution in [1.29, 1.82) is 0 Å². The minimum absolute atomic E-state index is 0.237. The Kier molecular flexibility index (Phi) is 6.44. The first-order valence-corrected chi connectivity index (χ1v) is 9.25. The SMILES string of the molecule is COc1cc(/C=N\Nc2nc(C)cc(=O)[nH]2)ccc1OCc1ccc(Br)cc1. The zero-order chi connectivity index (χ0) is 19.9. The second-order valence-electron chi connectivity index (χ2n) is 5.93. The second-order valence-corrected chi connectivity index (χ2v) is 6.85. The Morgan fingerprint density at radius 1 is 1.18 bits per heavy atom. The van der Waals surface area contributed by atoms with Crippen LogP contribution in [0.5, 0.6) is 11.5 Å². The van der Waals surface area contributed by atoms with Crippen molar-refractivity contribution in [3.63, 3.8) is 0 Å². The van der Waals surface area contributed by atoms with E-state index < -0.39 is 0 Å². The normalized spacial score (nSPS) is 10.8. The number of benzene rings is 2. The molecule has 0 aliphatic carbocycles. The number of aromatic nitrogens is 2. The Morgan fingerprint density at radius 3 is 2.68 bits per heavy atom. The number of ether oxygens (including phenoxy) is 2. The van der Waals surface area contributed by atoms with Crippen molar-refractivity contribution >= 4 is 28.1 Å². The van der Waals surface area contributed by atoms with Gasteiger partial charge in [-0.1, -0.05) is 28.1 Å². The monoisotopic (exact) mass is 442 g/mol. The molecule has 0 saturated carbocycles. The third-order valence-electron chi connectivity index (χ3n) is 3.75. The van der Waals surface area contributed by atoms with Crippen LogP contribution in [0, 0.1) is 6.92 Å². The summed E-state index contributed by atoms with van der Waals surface area (Å²) in [6, 6.07) is 14.8. The van der Waals surface area contributed by atoms with Crippen molar-refractivity contribution in [3.05, 3.63) is 80.2 Å².